The van der Waals surface area contributed by atoms with Crippen molar-refractivity contribution in [2.75, 3.05) is 12.4 Å². The molecule has 2 saturated heterocycles. The van der Waals surface area contributed by atoms with Gasteiger partial charge in [-0.05, 0) is 50.4 Å². The van der Waals surface area contributed by atoms with Crippen LogP contribution in [0.2, 0.25) is 0 Å². The number of likely N-dealkylation sites (N-methyl/N-ethyl adjacent to an activating group) is 1. The van der Waals surface area contributed by atoms with Gasteiger partial charge in [0.25, 0.3) is 0 Å². The second-order valence-corrected chi connectivity index (χ2v) is 7.65. The molecule has 4 nitrogen and oxygen atoms in total. The lowest BCUT2D eigenvalue weighted by molar-refractivity contribution is 0.171. The van der Waals surface area contributed by atoms with Gasteiger partial charge < -0.3 is 10.2 Å². The number of hydrogen-bond acceptors (Lipinski definition) is 2. The van der Waals surface area contributed by atoms with Crippen molar-refractivity contribution < 1.29 is 4.79 Å². The van der Waals surface area contributed by atoms with Crippen molar-refractivity contribution in [1.82, 2.24) is 9.80 Å². The summed E-state index contributed by atoms with van der Waals surface area (Å²) in [5.74, 6) is 0. The number of hydrogen-bond donors (Lipinski definition) is 1. The molecule has 2 amide bonds. The first kappa shape index (κ1) is 17.1. The quantitative estimate of drug-likeness (QED) is 0.895. The molecule has 2 aliphatic rings. The van der Waals surface area contributed by atoms with Gasteiger partial charge in [0, 0.05) is 30.4 Å². The van der Waals surface area contributed by atoms with E-state index in [4.69, 9.17) is 0 Å². The van der Waals surface area contributed by atoms with Crippen LogP contribution in [-0.4, -0.2) is 41.0 Å². The highest BCUT2D eigenvalue weighted by Gasteiger charge is 2.49. The summed E-state index contributed by atoms with van der Waals surface area (Å²) < 4.78 is 0. The third-order valence-electron chi connectivity index (χ3n) is 5.97. The van der Waals surface area contributed by atoms with E-state index in [9.17, 15) is 4.79 Å². The first-order chi connectivity index (χ1) is 12.6. The van der Waals surface area contributed by atoms with Crippen molar-refractivity contribution in [2.24, 2.45) is 0 Å². The highest BCUT2D eigenvalue weighted by atomic mass is 16.2. The van der Waals surface area contributed by atoms with Crippen molar-refractivity contribution >= 4 is 11.7 Å². The number of carbonyl (C=O) groups excluding carboxylic acids is 1. The Labute approximate surface area is 155 Å². The van der Waals surface area contributed by atoms with E-state index >= 15 is 0 Å². The number of benzene rings is 2. The molecule has 0 aliphatic carbocycles. The minimum atomic E-state index is 0.0578. The van der Waals surface area contributed by atoms with Crippen LogP contribution in [0.5, 0.6) is 0 Å². The Kier molecular flexibility index (Phi) is 4.68. The van der Waals surface area contributed by atoms with Gasteiger partial charge in [-0.15, -0.1) is 0 Å². The maximum absolute atomic E-state index is 13.0. The summed E-state index contributed by atoms with van der Waals surface area (Å²) in [4.78, 5) is 17.5. The van der Waals surface area contributed by atoms with Gasteiger partial charge in [0.2, 0.25) is 0 Å². The van der Waals surface area contributed by atoms with Crippen molar-refractivity contribution in [2.45, 2.75) is 50.9 Å². The molecule has 0 spiro atoms. The second-order valence-electron chi connectivity index (χ2n) is 7.65. The normalized spacial score (nSPS) is 24.3. The van der Waals surface area contributed by atoms with Gasteiger partial charge in [-0.25, -0.2) is 4.79 Å². The van der Waals surface area contributed by atoms with Crippen LogP contribution in [0, 0.1) is 6.92 Å². The minimum absolute atomic E-state index is 0.0578. The number of nitrogens with one attached hydrogen (secondary N) is 1. The number of para-hydroxylation sites is 1. The van der Waals surface area contributed by atoms with Gasteiger partial charge in [0.1, 0.15) is 0 Å². The van der Waals surface area contributed by atoms with E-state index in [0.29, 0.717) is 18.1 Å². The lowest BCUT2D eigenvalue weighted by Gasteiger charge is -2.31. The fourth-order valence-corrected chi connectivity index (χ4v) is 4.63. The smallest absolute Gasteiger partial charge is 0.317 e. The van der Waals surface area contributed by atoms with E-state index in [2.05, 4.69) is 52.5 Å². The Balaban J connectivity index is 1.44. The summed E-state index contributed by atoms with van der Waals surface area (Å²) in [6, 6.07) is 19.7. The van der Waals surface area contributed by atoms with E-state index in [-0.39, 0.29) is 6.03 Å². The molecule has 2 bridgehead atoms. The first-order valence-electron chi connectivity index (χ1n) is 9.52. The number of amides is 2. The fourth-order valence-electron chi connectivity index (χ4n) is 4.63. The van der Waals surface area contributed by atoms with E-state index in [1.54, 1.807) is 0 Å². The molecular formula is C22H27N3O. The van der Waals surface area contributed by atoms with E-state index in [1.807, 2.05) is 31.2 Å². The van der Waals surface area contributed by atoms with Gasteiger partial charge in [-0.3, -0.25) is 4.90 Å². The molecule has 1 N–H and O–H groups in total. The number of aryl methyl sites for hydroxylation is 1. The topological polar surface area (TPSA) is 35.6 Å². The lowest BCUT2D eigenvalue weighted by atomic mass is 9.94. The summed E-state index contributed by atoms with van der Waals surface area (Å²) in [5.41, 5.74) is 3.34. The van der Waals surface area contributed by atoms with Crippen LogP contribution >= 0.6 is 0 Å². The van der Waals surface area contributed by atoms with Crippen LogP contribution in [0.1, 0.15) is 30.4 Å². The number of nitrogens with zero attached hydrogens (tertiary/aromatic N) is 2. The summed E-state index contributed by atoms with van der Waals surface area (Å²) in [7, 11) is 2.19. The molecule has 0 saturated carbocycles. The van der Waals surface area contributed by atoms with Crippen molar-refractivity contribution in [3.8, 4) is 0 Å². The highest BCUT2D eigenvalue weighted by molar-refractivity contribution is 5.91. The van der Waals surface area contributed by atoms with E-state index in [1.165, 1.54) is 5.56 Å². The monoisotopic (exact) mass is 349 g/mol. The van der Waals surface area contributed by atoms with Crippen molar-refractivity contribution in [1.29, 1.82) is 0 Å². The summed E-state index contributed by atoms with van der Waals surface area (Å²) in [6.07, 6.45) is 3.31. The van der Waals surface area contributed by atoms with Crippen LogP contribution in [-0.2, 0) is 6.54 Å². The number of anilines is 1. The fraction of sp³-hybridized carbons (Fsp3) is 0.409. The standard InChI is InChI=1S/C22H27N3O/c1-16-8-6-7-11-19(16)23-22(26)25-18-12-13-20(25)21(14-18)24(2)15-17-9-4-3-5-10-17/h3-11,18,20-21H,12-15H2,1-2H3,(H,23,26)/t18-,20-,21+/m0/s1. The predicted octanol–water partition coefficient (Wildman–Crippen LogP) is 4.26. The molecule has 26 heavy (non-hydrogen) atoms. The van der Waals surface area contributed by atoms with Crippen LogP contribution in [0.4, 0.5) is 10.5 Å². The number of fused-ring (bicyclic) bond motifs is 2. The minimum Gasteiger partial charge on any atom is -0.317 e. The van der Waals surface area contributed by atoms with Gasteiger partial charge in [-0.1, -0.05) is 48.5 Å². The van der Waals surface area contributed by atoms with Gasteiger partial charge in [0.05, 0.1) is 0 Å². The zero-order valence-electron chi connectivity index (χ0n) is 15.6. The number of carbonyl (C=O) groups is 1. The highest BCUT2D eigenvalue weighted by Crippen LogP contribution is 2.40. The Bertz CT molecular complexity index is 776. The van der Waals surface area contributed by atoms with Crippen molar-refractivity contribution in [3.05, 3.63) is 65.7 Å². The molecule has 0 radical (unpaired) electrons. The molecule has 2 aromatic carbocycles. The van der Waals surface area contributed by atoms with E-state index in [0.717, 1.165) is 37.1 Å². The third kappa shape index (κ3) is 3.21. The molecule has 136 valence electrons. The number of rotatable bonds is 4. The molecule has 4 heteroatoms. The summed E-state index contributed by atoms with van der Waals surface area (Å²) >= 11 is 0. The molecular weight excluding hydrogens is 322 g/mol. The van der Waals surface area contributed by atoms with Gasteiger partial charge >= 0.3 is 6.03 Å². The maximum atomic E-state index is 13.0. The van der Waals surface area contributed by atoms with Crippen LogP contribution in [0.3, 0.4) is 0 Å². The Hall–Kier alpha value is -2.33. The molecule has 0 unspecified atom stereocenters. The van der Waals surface area contributed by atoms with Gasteiger partial charge in [-0.2, -0.15) is 0 Å². The van der Waals surface area contributed by atoms with E-state index < -0.39 is 0 Å². The second kappa shape index (κ2) is 7.12. The predicted molar refractivity (Wildman–Crippen MR) is 105 cm³/mol. The number of urea groups is 1. The van der Waals surface area contributed by atoms with Crippen LogP contribution in [0.15, 0.2) is 54.6 Å². The Morgan fingerprint density at radius 3 is 2.62 bits per heavy atom. The first-order valence-corrected chi connectivity index (χ1v) is 9.52. The molecule has 2 heterocycles. The third-order valence-corrected chi connectivity index (χ3v) is 5.97. The molecule has 0 aromatic heterocycles. The maximum Gasteiger partial charge on any atom is 0.322 e. The Morgan fingerprint density at radius 2 is 1.85 bits per heavy atom. The zero-order valence-corrected chi connectivity index (χ0v) is 15.6. The Morgan fingerprint density at radius 1 is 1.12 bits per heavy atom. The molecule has 3 atom stereocenters. The average molecular weight is 349 g/mol. The molecule has 2 aromatic rings. The summed E-state index contributed by atoms with van der Waals surface area (Å²) in [5, 5.41) is 3.13. The zero-order chi connectivity index (χ0) is 18.1. The molecule has 2 aliphatic heterocycles. The molecule has 4 rings (SSSR count). The van der Waals surface area contributed by atoms with Crippen LogP contribution in [0.25, 0.3) is 0 Å². The van der Waals surface area contributed by atoms with Gasteiger partial charge in [0.15, 0.2) is 0 Å². The lowest BCUT2D eigenvalue weighted by Crippen LogP contribution is -2.45. The summed E-state index contributed by atoms with van der Waals surface area (Å²) in [6.45, 7) is 2.96. The molecule has 2 fully saturated rings. The average Bonchev–Trinajstić information content (AvgIpc) is 3.23. The van der Waals surface area contributed by atoms with Crippen molar-refractivity contribution in [3.63, 3.8) is 0 Å². The van der Waals surface area contributed by atoms with Crippen LogP contribution < -0.4 is 5.32 Å². The SMILES string of the molecule is Cc1ccccc1NC(=O)N1[C@H]2CC[C@H]1[C@H](N(C)Cc1ccccc1)C2. The largest absolute Gasteiger partial charge is 0.322 e.